The quantitative estimate of drug-likeness (QED) is 0.792. The number of amides is 1. The summed E-state index contributed by atoms with van der Waals surface area (Å²) in [6.07, 6.45) is 3.28. The van der Waals surface area contributed by atoms with Gasteiger partial charge in [-0.1, -0.05) is 13.8 Å². The zero-order valence-electron chi connectivity index (χ0n) is 9.21. The number of nitrogens with one attached hydrogen (secondary N) is 2. The first-order valence-corrected chi connectivity index (χ1v) is 5.56. The first kappa shape index (κ1) is 10.2. The van der Waals surface area contributed by atoms with Crippen molar-refractivity contribution >= 4 is 11.7 Å². The monoisotopic (exact) mass is 207 g/mol. The van der Waals surface area contributed by atoms with E-state index >= 15 is 0 Å². The van der Waals surface area contributed by atoms with Crippen LogP contribution in [-0.4, -0.2) is 16.1 Å². The zero-order chi connectivity index (χ0) is 10.8. The van der Waals surface area contributed by atoms with Gasteiger partial charge in [-0.3, -0.25) is 9.89 Å². The normalized spacial score (nSPS) is 17.5. The lowest BCUT2D eigenvalue weighted by Gasteiger charge is -2.08. The van der Waals surface area contributed by atoms with Crippen LogP contribution in [0.3, 0.4) is 0 Å². The van der Waals surface area contributed by atoms with Crippen LogP contribution in [0.1, 0.15) is 32.4 Å². The molecule has 2 rings (SSSR count). The Hall–Kier alpha value is -1.32. The van der Waals surface area contributed by atoms with E-state index in [1.165, 1.54) is 12.8 Å². The molecule has 15 heavy (non-hydrogen) atoms. The van der Waals surface area contributed by atoms with E-state index in [0.29, 0.717) is 11.7 Å². The molecule has 1 unspecified atom stereocenters. The second-order valence-corrected chi connectivity index (χ2v) is 4.25. The molecule has 1 atom stereocenters. The van der Waals surface area contributed by atoms with Crippen molar-refractivity contribution in [1.82, 2.24) is 10.2 Å². The van der Waals surface area contributed by atoms with Gasteiger partial charge in [0, 0.05) is 17.7 Å². The largest absolute Gasteiger partial charge is 0.309 e. The van der Waals surface area contributed by atoms with E-state index in [4.69, 9.17) is 0 Å². The fourth-order valence-corrected chi connectivity index (χ4v) is 1.66. The summed E-state index contributed by atoms with van der Waals surface area (Å²) in [5, 5.41) is 9.75. The molecule has 82 valence electrons. The van der Waals surface area contributed by atoms with Crippen molar-refractivity contribution < 1.29 is 4.79 Å². The zero-order valence-corrected chi connectivity index (χ0v) is 9.21. The molecule has 1 aromatic heterocycles. The third kappa shape index (κ3) is 2.37. The van der Waals surface area contributed by atoms with Gasteiger partial charge in [0.2, 0.25) is 5.91 Å². The van der Waals surface area contributed by atoms with Gasteiger partial charge in [0.15, 0.2) is 5.82 Å². The molecule has 0 aliphatic heterocycles. The molecule has 2 N–H and O–H groups in total. The van der Waals surface area contributed by atoms with Crippen molar-refractivity contribution in [2.45, 2.75) is 33.1 Å². The summed E-state index contributed by atoms with van der Waals surface area (Å²) in [5.41, 5.74) is 1.05. The lowest BCUT2D eigenvalue weighted by Crippen LogP contribution is -2.21. The molecular formula is C11H17N3O. The Bertz CT molecular complexity index is 354. The Balaban J connectivity index is 1.92. The summed E-state index contributed by atoms with van der Waals surface area (Å²) >= 11 is 0. The highest BCUT2D eigenvalue weighted by molar-refractivity contribution is 5.91. The highest BCUT2D eigenvalue weighted by Gasteiger charge is 2.32. The number of H-pyrrole nitrogens is 1. The first-order chi connectivity index (χ1) is 7.20. The molecule has 4 nitrogen and oxygen atoms in total. The summed E-state index contributed by atoms with van der Waals surface area (Å²) in [4.78, 5) is 11.7. The molecule has 1 amide bonds. The van der Waals surface area contributed by atoms with Crippen LogP contribution >= 0.6 is 0 Å². The number of hydrogen-bond donors (Lipinski definition) is 2. The minimum Gasteiger partial charge on any atom is -0.309 e. The number of nitrogens with zero attached hydrogens (tertiary/aromatic N) is 1. The number of aryl methyl sites for hydroxylation is 1. The Morgan fingerprint density at radius 2 is 2.47 bits per heavy atom. The maximum Gasteiger partial charge on any atom is 0.228 e. The molecular weight excluding hydrogens is 190 g/mol. The minimum atomic E-state index is 0.0895. The summed E-state index contributed by atoms with van der Waals surface area (Å²) in [6.45, 7) is 4.03. The Morgan fingerprint density at radius 1 is 1.73 bits per heavy atom. The fraction of sp³-hybridized carbons (Fsp3) is 0.636. The van der Waals surface area contributed by atoms with E-state index < -0.39 is 0 Å². The molecule has 1 aromatic rings. The SMILES string of the molecule is CCc1cc(NC(=O)C(C)C2CC2)n[nH]1. The fourth-order valence-electron chi connectivity index (χ4n) is 1.66. The van der Waals surface area contributed by atoms with E-state index in [1.807, 2.05) is 19.9 Å². The lowest BCUT2D eigenvalue weighted by molar-refractivity contribution is -0.119. The van der Waals surface area contributed by atoms with E-state index in [2.05, 4.69) is 15.5 Å². The highest BCUT2D eigenvalue weighted by atomic mass is 16.2. The summed E-state index contributed by atoms with van der Waals surface area (Å²) in [5.74, 6) is 1.44. The third-order valence-electron chi connectivity index (χ3n) is 3.01. The number of anilines is 1. The van der Waals surface area contributed by atoms with E-state index in [-0.39, 0.29) is 11.8 Å². The maximum atomic E-state index is 11.7. The topological polar surface area (TPSA) is 57.8 Å². The Morgan fingerprint density at radius 3 is 3.00 bits per heavy atom. The molecule has 1 aliphatic rings. The van der Waals surface area contributed by atoms with E-state index in [9.17, 15) is 4.79 Å². The number of carbonyl (C=O) groups excluding carboxylic acids is 1. The predicted molar refractivity (Wildman–Crippen MR) is 58.5 cm³/mol. The summed E-state index contributed by atoms with van der Waals surface area (Å²) in [7, 11) is 0. The number of hydrogen-bond acceptors (Lipinski definition) is 2. The van der Waals surface area contributed by atoms with Crippen molar-refractivity contribution in [3.05, 3.63) is 11.8 Å². The summed E-state index contributed by atoms with van der Waals surface area (Å²) in [6, 6.07) is 1.89. The number of carbonyl (C=O) groups is 1. The average Bonchev–Trinajstić information content (AvgIpc) is 2.98. The van der Waals surface area contributed by atoms with Crippen molar-refractivity contribution in [1.29, 1.82) is 0 Å². The van der Waals surface area contributed by atoms with Crippen LogP contribution in [0.2, 0.25) is 0 Å². The van der Waals surface area contributed by atoms with Gasteiger partial charge >= 0.3 is 0 Å². The molecule has 1 fully saturated rings. The van der Waals surface area contributed by atoms with Crippen molar-refractivity contribution in [3.63, 3.8) is 0 Å². The van der Waals surface area contributed by atoms with E-state index in [1.54, 1.807) is 0 Å². The van der Waals surface area contributed by atoms with Gasteiger partial charge in [-0.25, -0.2) is 0 Å². The van der Waals surface area contributed by atoms with Gasteiger partial charge in [0.1, 0.15) is 0 Å². The van der Waals surface area contributed by atoms with Gasteiger partial charge in [0.25, 0.3) is 0 Å². The van der Waals surface area contributed by atoms with Gasteiger partial charge in [0.05, 0.1) is 0 Å². The van der Waals surface area contributed by atoms with Gasteiger partial charge < -0.3 is 5.32 Å². The second-order valence-electron chi connectivity index (χ2n) is 4.25. The van der Waals surface area contributed by atoms with Gasteiger partial charge in [-0.15, -0.1) is 0 Å². The van der Waals surface area contributed by atoms with Crippen LogP contribution in [-0.2, 0) is 11.2 Å². The molecule has 0 aromatic carbocycles. The van der Waals surface area contributed by atoms with Crippen LogP contribution in [0.5, 0.6) is 0 Å². The van der Waals surface area contributed by atoms with Gasteiger partial charge in [-0.05, 0) is 25.2 Å². The minimum absolute atomic E-state index is 0.0895. The van der Waals surface area contributed by atoms with Crippen molar-refractivity contribution in [2.24, 2.45) is 11.8 Å². The Labute approximate surface area is 89.5 Å². The molecule has 0 bridgehead atoms. The molecule has 4 heteroatoms. The van der Waals surface area contributed by atoms with Crippen molar-refractivity contribution in [3.8, 4) is 0 Å². The number of aromatic amines is 1. The molecule has 1 heterocycles. The molecule has 1 aliphatic carbocycles. The molecule has 0 spiro atoms. The Kier molecular flexibility index (Phi) is 2.75. The van der Waals surface area contributed by atoms with Crippen LogP contribution < -0.4 is 5.32 Å². The van der Waals surface area contributed by atoms with Gasteiger partial charge in [-0.2, -0.15) is 5.10 Å². The standard InChI is InChI=1S/C11H17N3O/c1-3-9-6-10(14-13-9)12-11(15)7(2)8-4-5-8/h6-8H,3-5H2,1-2H3,(H2,12,13,14,15). The highest BCUT2D eigenvalue weighted by Crippen LogP contribution is 2.36. The predicted octanol–water partition coefficient (Wildman–Crippen LogP) is 1.96. The van der Waals surface area contributed by atoms with Crippen LogP contribution in [0.4, 0.5) is 5.82 Å². The molecule has 0 saturated heterocycles. The maximum absolute atomic E-state index is 11.7. The van der Waals surface area contributed by atoms with E-state index in [0.717, 1.165) is 12.1 Å². The average molecular weight is 207 g/mol. The lowest BCUT2D eigenvalue weighted by atomic mass is 10.1. The number of rotatable bonds is 4. The molecule has 0 radical (unpaired) electrons. The molecule has 1 saturated carbocycles. The third-order valence-corrected chi connectivity index (χ3v) is 3.01. The van der Waals surface area contributed by atoms with Crippen molar-refractivity contribution in [2.75, 3.05) is 5.32 Å². The van der Waals surface area contributed by atoms with Crippen LogP contribution in [0.15, 0.2) is 6.07 Å². The van der Waals surface area contributed by atoms with Crippen LogP contribution in [0, 0.1) is 11.8 Å². The number of aromatic nitrogens is 2. The summed E-state index contributed by atoms with van der Waals surface area (Å²) < 4.78 is 0. The second kappa shape index (κ2) is 4.04. The smallest absolute Gasteiger partial charge is 0.228 e. The van der Waals surface area contributed by atoms with Crippen LogP contribution in [0.25, 0.3) is 0 Å². The first-order valence-electron chi connectivity index (χ1n) is 5.56.